The normalized spacial score (nSPS) is 10.7. The van der Waals surface area contributed by atoms with Gasteiger partial charge in [-0.1, -0.05) is 22.8 Å². The molecule has 0 aliphatic rings. The molecule has 7 heteroatoms. The van der Waals surface area contributed by atoms with Crippen LogP contribution in [0.2, 0.25) is 5.02 Å². The first-order valence-corrected chi connectivity index (χ1v) is 5.85. The first kappa shape index (κ1) is 13.8. The Labute approximate surface area is 118 Å². The lowest BCUT2D eigenvalue weighted by Gasteiger charge is -2.04. The van der Waals surface area contributed by atoms with Crippen LogP contribution < -0.4 is 5.32 Å². The molecule has 0 fully saturated rings. The summed E-state index contributed by atoms with van der Waals surface area (Å²) in [5, 5.41) is 14.9. The van der Waals surface area contributed by atoms with Crippen molar-refractivity contribution in [1.29, 1.82) is 0 Å². The van der Waals surface area contributed by atoms with Gasteiger partial charge in [-0.2, -0.15) is 0 Å². The number of carboxylic acid groups (broad SMARTS) is 1. The number of carbonyl (C=O) groups excluding carboxylic acids is 1. The number of aliphatic carboxylic acids is 1. The largest absolute Gasteiger partial charge is 0.478 e. The van der Waals surface area contributed by atoms with Crippen LogP contribution in [0.5, 0.6) is 0 Å². The van der Waals surface area contributed by atoms with Crippen LogP contribution in [-0.4, -0.2) is 22.1 Å². The van der Waals surface area contributed by atoms with Gasteiger partial charge in [0.05, 0.1) is 6.20 Å². The number of halogens is 1. The summed E-state index contributed by atoms with van der Waals surface area (Å²) in [4.78, 5) is 22.3. The van der Waals surface area contributed by atoms with Crippen molar-refractivity contribution < 1.29 is 19.2 Å². The minimum absolute atomic E-state index is 0.278. The fourth-order valence-corrected chi connectivity index (χ4v) is 1.68. The average molecular weight is 293 g/mol. The topological polar surface area (TPSA) is 92.4 Å². The van der Waals surface area contributed by atoms with Gasteiger partial charge in [-0.15, -0.1) is 0 Å². The van der Waals surface area contributed by atoms with Gasteiger partial charge in [0.2, 0.25) is 0 Å². The summed E-state index contributed by atoms with van der Waals surface area (Å²) < 4.78 is 4.59. The molecule has 1 aromatic carbocycles. The fraction of sp³-hybridized carbons (Fsp3) is 0. The molecule has 6 nitrogen and oxygen atoms in total. The maximum absolute atomic E-state index is 11.9. The average Bonchev–Trinajstić information content (AvgIpc) is 2.89. The first-order chi connectivity index (χ1) is 9.56. The Balaban J connectivity index is 2.16. The zero-order chi connectivity index (χ0) is 14.5. The summed E-state index contributed by atoms with van der Waals surface area (Å²) in [6, 6.07) is 4.55. The third-order valence-corrected chi connectivity index (χ3v) is 2.69. The number of hydrogen-bond acceptors (Lipinski definition) is 4. The van der Waals surface area contributed by atoms with E-state index < -0.39 is 5.97 Å². The van der Waals surface area contributed by atoms with Crippen LogP contribution >= 0.6 is 11.6 Å². The van der Waals surface area contributed by atoms with Crippen molar-refractivity contribution in [3.05, 3.63) is 52.9 Å². The van der Waals surface area contributed by atoms with E-state index in [0.717, 1.165) is 6.08 Å². The second-order valence-corrected chi connectivity index (χ2v) is 4.18. The number of hydrogen-bond donors (Lipinski definition) is 2. The zero-order valence-corrected chi connectivity index (χ0v) is 10.8. The fourth-order valence-electron chi connectivity index (χ4n) is 1.43. The van der Waals surface area contributed by atoms with Gasteiger partial charge < -0.3 is 14.9 Å². The van der Waals surface area contributed by atoms with E-state index in [0.29, 0.717) is 16.8 Å². The standard InChI is InChI=1S/C13H9ClN2O4/c14-11-5-9(2-1-8(11)3-4-12(17)18)13(19)16-10-6-15-20-7-10/h1-7H,(H,16,19)(H,17,18)/b4-3+. The molecule has 1 heterocycles. The molecule has 0 saturated carbocycles. The van der Waals surface area contributed by atoms with Gasteiger partial charge >= 0.3 is 5.97 Å². The van der Waals surface area contributed by atoms with E-state index in [9.17, 15) is 9.59 Å². The van der Waals surface area contributed by atoms with Crippen molar-refractivity contribution in [2.75, 3.05) is 5.32 Å². The molecule has 0 aliphatic carbocycles. The molecule has 0 radical (unpaired) electrons. The number of nitrogens with one attached hydrogen (secondary N) is 1. The van der Waals surface area contributed by atoms with Crippen LogP contribution in [-0.2, 0) is 4.79 Å². The van der Waals surface area contributed by atoms with Crippen LogP contribution in [0.1, 0.15) is 15.9 Å². The predicted molar refractivity (Wildman–Crippen MR) is 72.6 cm³/mol. The molecule has 102 valence electrons. The molecule has 0 unspecified atom stereocenters. The SMILES string of the molecule is O=C(O)/C=C/c1ccc(C(=O)Nc2cnoc2)cc1Cl. The molecule has 1 aromatic heterocycles. The molecular weight excluding hydrogens is 284 g/mol. The van der Waals surface area contributed by atoms with Gasteiger partial charge in [0.15, 0.2) is 0 Å². The minimum atomic E-state index is -1.07. The van der Waals surface area contributed by atoms with E-state index in [2.05, 4.69) is 15.0 Å². The van der Waals surface area contributed by atoms with Crippen molar-refractivity contribution >= 4 is 35.2 Å². The zero-order valence-electron chi connectivity index (χ0n) is 10.0. The molecular formula is C13H9ClN2O4. The monoisotopic (exact) mass is 292 g/mol. The summed E-state index contributed by atoms with van der Waals surface area (Å²) in [6.07, 6.45) is 4.98. The highest BCUT2D eigenvalue weighted by molar-refractivity contribution is 6.32. The second-order valence-electron chi connectivity index (χ2n) is 3.78. The van der Waals surface area contributed by atoms with E-state index in [1.807, 2.05) is 0 Å². The van der Waals surface area contributed by atoms with Gasteiger partial charge in [0.25, 0.3) is 5.91 Å². The van der Waals surface area contributed by atoms with Gasteiger partial charge in [0, 0.05) is 16.7 Å². The lowest BCUT2D eigenvalue weighted by Crippen LogP contribution is -2.11. The van der Waals surface area contributed by atoms with Gasteiger partial charge in [0.1, 0.15) is 12.0 Å². The number of rotatable bonds is 4. The molecule has 2 N–H and O–H groups in total. The summed E-state index contributed by atoms with van der Waals surface area (Å²) in [5.41, 5.74) is 1.28. The Morgan fingerprint density at radius 2 is 2.20 bits per heavy atom. The van der Waals surface area contributed by atoms with Gasteiger partial charge in [-0.25, -0.2) is 4.79 Å². The molecule has 0 bridgehead atoms. The Hall–Kier alpha value is -2.60. The molecule has 2 aromatic rings. The highest BCUT2D eigenvalue weighted by atomic mass is 35.5. The Morgan fingerprint density at radius 1 is 1.40 bits per heavy atom. The second kappa shape index (κ2) is 6.03. The van der Waals surface area contributed by atoms with E-state index in [1.54, 1.807) is 6.07 Å². The van der Waals surface area contributed by atoms with Crippen molar-refractivity contribution in [3.8, 4) is 0 Å². The van der Waals surface area contributed by atoms with E-state index >= 15 is 0 Å². The third kappa shape index (κ3) is 3.46. The van der Waals surface area contributed by atoms with E-state index in [-0.39, 0.29) is 10.9 Å². The van der Waals surface area contributed by atoms with Crippen LogP contribution in [0.3, 0.4) is 0 Å². The highest BCUT2D eigenvalue weighted by Gasteiger charge is 2.09. The highest BCUT2D eigenvalue weighted by Crippen LogP contribution is 2.20. The third-order valence-electron chi connectivity index (χ3n) is 2.36. The molecule has 2 rings (SSSR count). The number of nitrogens with zero attached hydrogens (tertiary/aromatic N) is 1. The number of carbonyl (C=O) groups is 2. The Kier molecular flexibility index (Phi) is 4.17. The smallest absolute Gasteiger partial charge is 0.328 e. The van der Waals surface area contributed by atoms with Crippen LogP contribution in [0.25, 0.3) is 6.08 Å². The lowest BCUT2D eigenvalue weighted by molar-refractivity contribution is -0.131. The van der Waals surface area contributed by atoms with Gasteiger partial charge in [-0.05, 0) is 23.8 Å². The van der Waals surface area contributed by atoms with Crippen molar-refractivity contribution in [2.24, 2.45) is 0 Å². The molecule has 0 atom stereocenters. The maximum Gasteiger partial charge on any atom is 0.328 e. The molecule has 0 saturated heterocycles. The predicted octanol–water partition coefficient (Wildman–Crippen LogP) is 2.68. The van der Waals surface area contributed by atoms with Gasteiger partial charge in [-0.3, -0.25) is 4.79 Å². The Morgan fingerprint density at radius 3 is 2.80 bits per heavy atom. The van der Waals surface area contributed by atoms with Crippen LogP contribution in [0.4, 0.5) is 5.69 Å². The molecule has 1 amide bonds. The van der Waals surface area contributed by atoms with Crippen molar-refractivity contribution in [2.45, 2.75) is 0 Å². The summed E-state index contributed by atoms with van der Waals surface area (Å²) >= 11 is 5.98. The summed E-state index contributed by atoms with van der Waals surface area (Å²) in [6.45, 7) is 0. The molecule has 0 spiro atoms. The molecule has 0 aliphatic heterocycles. The lowest BCUT2D eigenvalue weighted by atomic mass is 10.1. The van der Waals surface area contributed by atoms with Crippen LogP contribution in [0.15, 0.2) is 41.3 Å². The van der Waals surface area contributed by atoms with Crippen molar-refractivity contribution in [1.82, 2.24) is 5.16 Å². The maximum atomic E-state index is 11.9. The summed E-state index contributed by atoms with van der Waals surface area (Å²) in [7, 11) is 0. The molecule has 20 heavy (non-hydrogen) atoms. The number of aromatic nitrogens is 1. The Bertz CT molecular complexity index is 665. The minimum Gasteiger partial charge on any atom is -0.478 e. The van der Waals surface area contributed by atoms with Crippen molar-refractivity contribution in [3.63, 3.8) is 0 Å². The number of carboxylic acids is 1. The van der Waals surface area contributed by atoms with E-state index in [4.69, 9.17) is 16.7 Å². The number of amides is 1. The van der Waals surface area contributed by atoms with Crippen LogP contribution in [0, 0.1) is 0 Å². The number of anilines is 1. The number of benzene rings is 1. The van der Waals surface area contributed by atoms with E-state index in [1.165, 1.54) is 30.7 Å². The quantitative estimate of drug-likeness (QED) is 0.845. The first-order valence-electron chi connectivity index (χ1n) is 5.47. The summed E-state index contributed by atoms with van der Waals surface area (Å²) in [5.74, 6) is -1.45.